The fourth-order valence-electron chi connectivity index (χ4n) is 4.79. The number of thiophene rings is 1. The van der Waals surface area contributed by atoms with Gasteiger partial charge in [-0.25, -0.2) is 14.8 Å². The molecule has 1 aromatic carbocycles. The number of benzene rings is 1. The van der Waals surface area contributed by atoms with Gasteiger partial charge in [0.15, 0.2) is 0 Å². The van der Waals surface area contributed by atoms with E-state index in [1.807, 2.05) is 40.6 Å². The van der Waals surface area contributed by atoms with Gasteiger partial charge in [0.1, 0.15) is 4.83 Å². The van der Waals surface area contributed by atoms with E-state index in [0.29, 0.717) is 47.6 Å². The maximum atomic E-state index is 13.1. The second-order valence-corrected chi connectivity index (χ2v) is 9.49. The molecule has 0 saturated carbocycles. The highest BCUT2D eigenvalue weighted by molar-refractivity contribution is 7.16. The Hall–Kier alpha value is -4.25. The topological polar surface area (TPSA) is 132 Å². The van der Waals surface area contributed by atoms with Gasteiger partial charge in [-0.3, -0.25) is 14.9 Å². The van der Waals surface area contributed by atoms with E-state index in [1.165, 1.54) is 16.2 Å². The van der Waals surface area contributed by atoms with Gasteiger partial charge < -0.3 is 19.9 Å². The fourth-order valence-corrected chi connectivity index (χ4v) is 5.56. The van der Waals surface area contributed by atoms with Crippen LogP contribution in [0.15, 0.2) is 41.9 Å². The third-order valence-electron chi connectivity index (χ3n) is 6.63. The molecule has 3 amide bonds. The summed E-state index contributed by atoms with van der Waals surface area (Å²) in [5.74, 6) is -0.575. The number of H-pyrrole nitrogens is 1. The number of rotatable bonds is 4. The van der Waals surface area contributed by atoms with Crippen molar-refractivity contribution in [1.82, 2.24) is 25.2 Å². The van der Waals surface area contributed by atoms with Gasteiger partial charge in [0.05, 0.1) is 28.4 Å². The number of carbonyl (C=O) groups excluding carboxylic acids is 2. The van der Waals surface area contributed by atoms with Crippen molar-refractivity contribution in [3.63, 3.8) is 0 Å². The number of nitrogens with zero attached hydrogens (tertiary/aromatic N) is 4. The predicted molar refractivity (Wildman–Crippen MR) is 132 cm³/mol. The Labute approximate surface area is 202 Å². The number of nitrogens with one attached hydrogen (secondary N) is 2. The van der Waals surface area contributed by atoms with Gasteiger partial charge >= 0.3 is 6.09 Å². The van der Waals surface area contributed by atoms with Crippen LogP contribution in [0.4, 0.5) is 10.7 Å². The molecule has 0 bridgehead atoms. The lowest BCUT2D eigenvalue weighted by molar-refractivity contribution is -0.122. The SMILES string of the molecule is CN(C(=O)O)C1CCN(c2nc(C3=C(c4c[nH]c5sccc45)C(=O)NC3=O)c3ccccc3n2)C1. The summed E-state index contributed by atoms with van der Waals surface area (Å²) in [4.78, 5) is 54.3. The van der Waals surface area contributed by atoms with Crippen molar-refractivity contribution in [2.24, 2.45) is 0 Å². The first-order chi connectivity index (χ1) is 16.9. The second kappa shape index (κ2) is 7.91. The van der Waals surface area contributed by atoms with Crippen molar-refractivity contribution in [3.05, 3.63) is 53.2 Å². The van der Waals surface area contributed by atoms with Crippen molar-refractivity contribution in [3.8, 4) is 0 Å². The summed E-state index contributed by atoms with van der Waals surface area (Å²) in [6, 6.07) is 9.08. The molecule has 1 atom stereocenters. The molecule has 0 radical (unpaired) electrons. The quantitative estimate of drug-likeness (QED) is 0.376. The molecule has 1 saturated heterocycles. The van der Waals surface area contributed by atoms with E-state index in [2.05, 4.69) is 10.3 Å². The van der Waals surface area contributed by atoms with Crippen molar-refractivity contribution in [2.45, 2.75) is 12.5 Å². The Morgan fingerprint density at radius 2 is 1.94 bits per heavy atom. The van der Waals surface area contributed by atoms with E-state index in [9.17, 15) is 19.5 Å². The number of aromatic amines is 1. The van der Waals surface area contributed by atoms with Crippen molar-refractivity contribution in [1.29, 1.82) is 0 Å². The van der Waals surface area contributed by atoms with Crippen LogP contribution in [-0.4, -0.2) is 69.0 Å². The van der Waals surface area contributed by atoms with E-state index < -0.39 is 17.9 Å². The molecule has 2 aliphatic heterocycles. The molecule has 3 aromatic heterocycles. The molecular weight excluding hydrogens is 468 g/mol. The first kappa shape index (κ1) is 21.3. The average Bonchev–Trinajstić information content (AvgIpc) is 3.62. The minimum atomic E-state index is -0.987. The zero-order valence-corrected chi connectivity index (χ0v) is 19.4. The summed E-state index contributed by atoms with van der Waals surface area (Å²) in [6.45, 7) is 1.01. The highest BCUT2D eigenvalue weighted by atomic mass is 32.1. The van der Waals surface area contributed by atoms with Crippen molar-refractivity contribution in [2.75, 3.05) is 25.0 Å². The van der Waals surface area contributed by atoms with E-state index in [0.717, 1.165) is 10.2 Å². The van der Waals surface area contributed by atoms with Crippen LogP contribution in [0.2, 0.25) is 0 Å². The number of hydrogen-bond acceptors (Lipinski definition) is 7. The van der Waals surface area contributed by atoms with Crippen LogP contribution in [0.5, 0.6) is 0 Å². The number of fused-ring (bicyclic) bond motifs is 2. The molecule has 6 rings (SSSR count). The van der Waals surface area contributed by atoms with E-state index >= 15 is 0 Å². The van der Waals surface area contributed by atoms with Gasteiger partial charge in [0, 0.05) is 42.7 Å². The van der Waals surface area contributed by atoms with Gasteiger partial charge in [-0.2, -0.15) is 0 Å². The van der Waals surface area contributed by atoms with Crippen molar-refractivity contribution >= 4 is 67.5 Å². The number of anilines is 1. The number of carbonyl (C=O) groups is 3. The first-order valence-corrected chi connectivity index (χ1v) is 11.9. The lowest BCUT2D eigenvalue weighted by atomic mass is 9.97. The lowest BCUT2D eigenvalue weighted by Gasteiger charge is -2.22. The predicted octanol–water partition coefficient (Wildman–Crippen LogP) is 2.93. The van der Waals surface area contributed by atoms with Crippen LogP contribution in [0.3, 0.4) is 0 Å². The molecule has 2 aliphatic rings. The normalized spacial score (nSPS) is 18.2. The molecule has 5 heterocycles. The van der Waals surface area contributed by atoms with Crippen LogP contribution in [0.1, 0.15) is 17.7 Å². The van der Waals surface area contributed by atoms with Gasteiger partial charge in [0.25, 0.3) is 11.8 Å². The summed E-state index contributed by atoms with van der Waals surface area (Å²) in [5.41, 5.74) is 2.15. The highest BCUT2D eigenvalue weighted by Gasteiger charge is 2.36. The van der Waals surface area contributed by atoms with E-state index in [4.69, 9.17) is 9.97 Å². The minimum Gasteiger partial charge on any atom is -0.465 e. The molecule has 3 N–H and O–H groups in total. The molecule has 176 valence electrons. The summed E-state index contributed by atoms with van der Waals surface area (Å²) < 4.78 is 0. The Kier molecular flexibility index (Phi) is 4.81. The monoisotopic (exact) mass is 488 g/mol. The smallest absolute Gasteiger partial charge is 0.407 e. The molecule has 35 heavy (non-hydrogen) atoms. The summed E-state index contributed by atoms with van der Waals surface area (Å²) in [7, 11) is 1.55. The molecule has 11 heteroatoms. The Morgan fingerprint density at radius 1 is 1.14 bits per heavy atom. The average molecular weight is 489 g/mol. The summed E-state index contributed by atoms with van der Waals surface area (Å²) >= 11 is 1.52. The maximum absolute atomic E-state index is 13.1. The molecule has 0 aliphatic carbocycles. The van der Waals surface area contributed by atoms with E-state index in [1.54, 1.807) is 13.2 Å². The maximum Gasteiger partial charge on any atom is 0.407 e. The Bertz CT molecular complexity index is 1570. The highest BCUT2D eigenvalue weighted by Crippen LogP contribution is 2.38. The van der Waals surface area contributed by atoms with Gasteiger partial charge in [-0.1, -0.05) is 18.2 Å². The lowest BCUT2D eigenvalue weighted by Crippen LogP contribution is -2.38. The summed E-state index contributed by atoms with van der Waals surface area (Å²) in [6.07, 6.45) is 1.39. The number of carboxylic acid groups (broad SMARTS) is 1. The number of aromatic nitrogens is 3. The van der Waals surface area contributed by atoms with Crippen LogP contribution < -0.4 is 10.2 Å². The largest absolute Gasteiger partial charge is 0.465 e. The van der Waals surface area contributed by atoms with Crippen LogP contribution in [-0.2, 0) is 9.59 Å². The van der Waals surface area contributed by atoms with Gasteiger partial charge in [-0.15, -0.1) is 11.3 Å². The third-order valence-corrected chi connectivity index (χ3v) is 7.47. The van der Waals surface area contributed by atoms with Gasteiger partial charge in [-0.05, 0) is 23.9 Å². The fraction of sp³-hybridized carbons (Fsp3) is 0.208. The molecule has 4 aromatic rings. The van der Waals surface area contributed by atoms with Gasteiger partial charge in [0.2, 0.25) is 5.95 Å². The standard InChI is InChI=1S/C24H20N6O4S/c1-29(24(33)34)12-6-8-30(11-12)23-26-16-5-3-2-4-14(16)19(27-23)18-17(20(31)28-21(18)32)15-10-25-22-13(15)7-9-35-22/h2-5,7,9-10,12,25H,6,8,11H2,1H3,(H,33,34)(H,28,31,32). The molecule has 0 spiro atoms. The number of amides is 3. The molecule has 1 unspecified atom stereocenters. The number of hydrogen-bond donors (Lipinski definition) is 3. The number of likely N-dealkylation sites (N-methyl/N-ethyl adjacent to an activating group) is 1. The third kappa shape index (κ3) is 3.35. The summed E-state index contributed by atoms with van der Waals surface area (Å²) in [5, 5.41) is 15.2. The molecule has 1 fully saturated rings. The Balaban J connectivity index is 1.53. The van der Waals surface area contributed by atoms with Crippen LogP contribution >= 0.6 is 11.3 Å². The second-order valence-electron chi connectivity index (χ2n) is 8.57. The first-order valence-electron chi connectivity index (χ1n) is 11.0. The van der Waals surface area contributed by atoms with Crippen LogP contribution in [0, 0.1) is 0 Å². The molecular formula is C24H20N6O4S. The zero-order chi connectivity index (χ0) is 24.3. The van der Waals surface area contributed by atoms with Crippen molar-refractivity contribution < 1.29 is 19.5 Å². The molecule has 10 nitrogen and oxygen atoms in total. The zero-order valence-electron chi connectivity index (χ0n) is 18.6. The Morgan fingerprint density at radius 3 is 2.77 bits per heavy atom. The van der Waals surface area contributed by atoms with E-state index in [-0.39, 0.29) is 17.2 Å². The minimum absolute atomic E-state index is 0.191. The van der Waals surface area contributed by atoms with Crippen LogP contribution in [0.25, 0.3) is 32.3 Å². The number of para-hydroxylation sites is 1. The number of imide groups is 1.